The van der Waals surface area contributed by atoms with Gasteiger partial charge in [0.2, 0.25) is 16.6 Å². The summed E-state index contributed by atoms with van der Waals surface area (Å²) in [5.41, 5.74) is -4.93. The number of halogens is 3. The molecule has 34 heavy (non-hydrogen) atoms. The third-order valence-corrected chi connectivity index (χ3v) is 6.86. The minimum Gasteiger partial charge on any atom is -0.544 e. The molecule has 0 N–H and O–H groups in total. The average molecular weight is 539 g/mol. The standard InChI is InChI=1S/C23H37F3O5SSi2/c1-10-14-22(2,3)15-12-11-13-19-20(30-33(4,5)6)16-18(17-21(19)31-34(7,8)9)29-32(27,28)23(24,25)26/h10-12,14,16-17H,13,15H2,1-9H3/b12-11+,14-10+. The highest BCUT2D eigenvalue weighted by atomic mass is 32.2. The van der Waals surface area contributed by atoms with Gasteiger partial charge in [-0.05, 0) is 64.5 Å². The zero-order chi connectivity index (χ0) is 26.6. The molecule has 0 radical (unpaired) electrons. The quantitative estimate of drug-likeness (QED) is 0.127. The van der Waals surface area contributed by atoms with Crippen LogP contribution >= 0.6 is 0 Å². The molecule has 11 heteroatoms. The van der Waals surface area contributed by atoms with Gasteiger partial charge in [-0.3, -0.25) is 0 Å². The molecule has 0 spiro atoms. The van der Waals surface area contributed by atoms with E-state index < -0.39 is 38.0 Å². The van der Waals surface area contributed by atoms with Crippen LogP contribution in [0.2, 0.25) is 39.3 Å². The SMILES string of the molecule is C/C=C/C(C)(C)C/C=C/Cc1c(O[Si](C)(C)C)cc(OS(=O)(=O)C(F)(F)F)cc1O[Si](C)(C)C. The normalized spacial score (nSPS) is 14.1. The lowest BCUT2D eigenvalue weighted by Gasteiger charge is -2.27. The summed E-state index contributed by atoms with van der Waals surface area (Å²) in [6.45, 7) is 17.7. The third kappa shape index (κ3) is 10.3. The Morgan fingerprint density at radius 1 is 0.912 bits per heavy atom. The molecule has 0 bridgehead atoms. The number of allylic oxidation sites excluding steroid dienone is 4. The Morgan fingerprint density at radius 2 is 1.38 bits per heavy atom. The van der Waals surface area contributed by atoms with E-state index in [2.05, 4.69) is 24.1 Å². The van der Waals surface area contributed by atoms with Gasteiger partial charge in [-0.25, -0.2) is 0 Å². The summed E-state index contributed by atoms with van der Waals surface area (Å²) >= 11 is 0. The Morgan fingerprint density at radius 3 is 1.76 bits per heavy atom. The van der Waals surface area contributed by atoms with Crippen LogP contribution in [0.1, 0.15) is 32.8 Å². The molecule has 1 aromatic carbocycles. The zero-order valence-electron chi connectivity index (χ0n) is 21.5. The molecule has 0 aliphatic rings. The first-order valence-electron chi connectivity index (χ1n) is 11.0. The van der Waals surface area contributed by atoms with Gasteiger partial charge in [-0.2, -0.15) is 21.6 Å². The minimum atomic E-state index is -5.84. The number of hydrogen-bond donors (Lipinski definition) is 0. The molecule has 0 amide bonds. The summed E-state index contributed by atoms with van der Waals surface area (Å²) in [5, 5.41) is 0. The van der Waals surface area contributed by atoms with E-state index in [9.17, 15) is 21.6 Å². The summed E-state index contributed by atoms with van der Waals surface area (Å²) in [5.74, 6) is 0.0279. The monoisotopic (exact) mass is 538 g/mol. The van der Waals surface area contributed by atoms with Gasteiger partial charge in [0.05, 0.1) is 0 Å². The van der Waals surface area contributed by atoms with Crippen LogP contribution in [0.4, 0.5) is 13.2 Å². The van der Waals surface area contributed by atoms with E-state index in [-0.39, 0.29) is 16.9 Å². The Bertz CT molecular complexity index is 966. The molecule has 0 fully saturated rings. The zero-order valence-corrected chi connectivity index (χ0v) is 24.3. The Hall–Kier alpha value is -1.73. The van der Waals surface area contributed by atoms with Crippen LogP contribution in [0.3, 0.4) is 0 Å². The largest absolute Gasteiger partial charge is 0.544 e. The number of alkyl halides is 3. The van der Waals surface area contributed by atoms with E-state index in [0.29, 0.717) is 12.0 Å². The van der Waals surface area contributed by atoms with Crippen molar-refractivity contribution in [1.29, 1.82) is 0 Å². The molecular formula is C23H37F3O5SSi2. The van der Waals surface area contributed by atoms with Crippen molar-refractivity contribution in [2.45, 2.75) is 78.4 Å². The molecule has 194 valence electrons. The molecule has 0 aliphatic heterocycles. The molecule has 5 nitrogen and oxygen atoms in total. The first-order valence-corrected chi connectivity index (χ1v) is 19.2. The molecule has 0 aliphatic carbocycles. The molecule has 0 heterocycles. The van der Waals surface area contributed by atoms with Crippen LogP contribution in [0.5, 0.6) is 17.2 Å². The van der Waals surface area contributed by atoms with Gasteiger partial charge >= 0.3 is 15.6 Å². The maximum Gasteiger partial charge on any atom is 0.534 e. The molecular weight excluding hydrogens is 501 g/mol. The molecule has 1 rings (SSSR count). The highest BCUT2D eigenvalue weighted by molar-refractivity contribution is 7.88. The van der Waals surface area contributed by atoms with Crippen molar-refractivity contribution in [2.24, 2.45) is 5.41 Å². The Kier molecular flexibility index (Phi) is 9.72. The fraction of sp³-hybridized carbons (Fsp3) is 0.565. The van der Waals surface area contributed by atoms with E-state index in [1.165, 1.54) is 12.1 Å². The Labute approximate surface area is 204 Å². The van der Waals surface area contributed by atoms with Crippen LogP contribution in [-0.2, 0) is 16.5 Å². The minimum absolute atomic E-state index is 0.0236. The number of rotatable bonds is 11. The topological polar surface area (TPSA) is 61.8 Å². The second-order valence-corrected chi connectivity index (χ2v) is 21.1. The molecule has 0 atom stereocenters. The van der Waals surface area contributed by atoms with E-state index in [0.717, 1.165) is 6.42 Å². The van der Waals surface area contributed by atoms with Crippen molar-refractivity contribution in [2.75, 3.05) is 0 Å². The van der Waals surface area contributed by atoms with Crippen LogP contribution in [0.25, 0.3) is 0 Å². The van der Waals surface area contributed by atoms with Crippen LogP contribution < -0.4 is 13.0 Å². The predicted molar refractivity (Wildman–Crippen MR) is 136 cm³/mol. The second-order valence-electron chi connectivity index (χ2n) is 10.7. The summed E-state index contributed by atoms with van der Waals surface area (Å²) in [7, 11) is -10.3. The molecule has 0 unspecified atom stereocenters. The van der Waals surface area contributed by atoms with Crippen molar-refractivity contribution in [1.82, 2.24) is 0 Å². The molecule has 0 saturated carbocycles. The van der Waals surface area contributed by atoms with Gasteiger partial charge in [0.25, 0.3) is 0 Å². The van der Waals surface area contributed by atoms with Gasteiger partial charge in [-0.1, -0.05) is 38.2 Å². The highest BCUT2D eigenvalue weighted by Crippen LogP contribution is 2.39. The molecule has 1 aromatic rings. The summed E-state index contributed by atoms with van der Waals surface area (Å²) in [4.78, 5) is 0. The van der Waals surface area contributed by atoms with Crippen molar-refractivity contribution < 1.29 is 34.6 Å². The van der Waals surface area contributed by atoms with E-state index in [1.807, 2.05) is 64.4 Å². The lowest BCUT2D eigenvalue weighted by Crippen LogP contribution is -2.32. The lowest BCUT2D eigenvalue weighted by molar-refractivity contribution is -0.0500. The van der Waals surface area contributed by atoms with Gasteiger partial charge in [0.1, 0.15) is 17.2 Å². The summed E-state index contributed by atoms with van der Waals surface area (Å²) in [6.07, 6.45) is 9.30. The molecule has 0 saturated heterocycles. The summed E-state index contributed by atoms with van der Waals surface area (Å²) in [6, 6.07) is 2.40. The van der Waals surface area contributed by atoms with Gasteiger partial charge < -0.3 is 13.0 Å². The van der Waals surface area contributed by atoms with Crippen LogP contribution in [0.15, 0.2) is 36.4 Å². The number of hydrogen-bond acceptors (Lipinski definition) is 5. The van der Waals surface area contributed by atoms with Crippen molar-refractivity contribution in [3.63, 3.8) is 0 Å². The van der Waals surface area contributed by atoms with Crippen LogP contribution in [0, 0.1) is 5.41 Å². The highest BCUT2D eigenvalue weighted by Gasteiger charge is 2.48. The summed E-state index contributed by atoms with van der Waals surface area (Å²) < 4.78 is 78.7. The predicted octanol–water partition coefficient (Wildman–Crippen LogP) is 7.43. The smallest absolute Gasteiger partial charge is 0.534 e. The van der Waals surface area contributed by atoms with Crippen molar-refractivity contribution in [3.8, 4) is 17.2 Å². The van der Waals surface area contributed by atoms with Crippen molar-refractivity contribution >= 4 is 26.8 Å². The van der Waals surface area contributed by atoms with Gasteiger partial charge in [0.15, 0.2) is 0 Å². The van der Waals surface area contributed by atoms with Gasteiger partial charge in [-0.15, -0.1) is 0 Å². The first-order chi connectivity index (χ1) is 15.2. The number of benzene rings is 1. The fourth-order valence-corrected chi connectivity index (χ4v) is 5.10. The van der Waals surface area contributed by atoms with Crippen molar-refractivity contribution in [3.05, 3.63) is 42.0 Å². The first kappa shape index (κ1) is 30.3. The lowest BCUT2D eigenvalue weighted by atomic mass is 9.88. The second kappa shape index (κ2) is 10.9. The third-order valence-electron chi connectivity index (χ3n) is 4.21. The van der Waals surface area contributed by atoms with E-state index in [4.69, 9.17) is 8.85 Å². The average Bonchev–Trinajstić information content (AvgIpc) is 2.56. The van der Waals surface area contributed by atoms with E-state index >= 15 is 0 Å². The van der Waals surface area contributed by atoms with E-state index in [1.54, 1.807) is 0 Å². The Balaban J connectivity index is 3.55. The van der Waals surface area contributed by atoms with Crippen LogP contribution in [-0.4, -0.2) is 30.6 Å². The fourth-order valence-electron chi connectivity index (χ4n) is 2.97. The van der Waals surface area contributed by atoms with Gasteiger partial charge in [0, 0.05) is 17.7 Å². The maximum absolute atomic E-state index is 12.9. The maximum atomic E-state index is 12.9. The molecule has 0 aromatic heterocycles.